The fourth-order valence-corrected chi connectivity index (χ4v) is 0.556. The van der Waals surface area contributed by atoms with E-state index in [2.05, 4.69) is 19.6 Å². The first kappa shape index (κ1) is 8.22. The van der Waals surface area contributed by atoms with Gasteiger partial charge in [-0.15, -0.1) is 6.58 Å². The van der Waals surface area contributed by atoms with Gasteiger partial charge in [-0.2, -0.15) is 0 Å². The van der Waals surface area contributed by atoms with Crippen molar-refractivity contribution in [1.29, 1.82) is 0 Å². The summed E-state index contributed by atoms with van der Waals surface area (Å²) in [5.74, 6) is 0. The van der Waals surface area contributed by atoms with Crippen LogP contribution in [0.3, 0.4) is 0 Å². The van der Waals surface area contributed by atoms with Gasteiger partial charge in [0.25, 0.3) is 0 Å². The standard InChI is InChI=1S/C9H14/c1-4-6-8-9(3)7-5-2/h4-6,8H,2,7H2,1,3H3/b6-4?,9-8+. The molecular formula is C9H14. The highest BCUT2D eigenvalue weighted by Crippen LogP contribution is 1.98. The highest BCUT2D eigenvalue weighted by Gasteiger charge is 1.78. The van der Waals surface area contributed by atoms with Crippen molar-refractivity contribution in [3.63, 3.8) is 0 Å². The largest absolute Gasteiger partial charge is 0.103 e. The van der Waals surface area contributed by atoms with Gasteiger partial charge in [0.1, 0.15) is 0 Å². The van der Waals surface area contributed by atoms with Gasteiger partial charge in [-0.1, -0.05) is 29.9 Å². The minimum atomic E-state index is 0.990. The zero-order valence-electron chi connectivity index (χ0n) is 6.22. The molecule has 0 unspecified atom stereocenters. The molecule has 0 aliphatic heterocycles. The third-order valence-corrected chi connectivity index (χ3v) is 1.04. The Morgan fingerprint density at radius 3 is 2.67 bits per heavy atom. The second kappa shape index (κ2) is 5.36. The first-order valence-corrected chi connectivity index (χ1v) is 3.20. The van der Waals surface area contributed by atoms with Gasteiger partial charge in [0.2, 0.25) is 0 Å². The Kier molecular flexibility index (Phi) is 4.89. The summed E-state index contributed by atoms with van der Waals surface area (Å²) in [6.07, 6.45) is 9.06. The van der Waals surface area contributed by atoms with Crippen molar-refractivity contribution in [3.05, 3.63) is 36.5 Å². The van der Waals surface area contributed by atoms with Crippen LogP contribution in [0.15, 0.2) is 36.5 Å². The van der Waals surface area contributed by atoms with Crippen LogP contribution in [-0.4, -0.2) is 0 Å². The lowest BCUT2D eigenvalue weighted by Crippen LogP contribution is -1.68. The zero-order chi connectivity index (χ0) is 7.11. The molecule has 0 spiro atoms. The van der Waals surface area contributed by atoms with E-state index >= 15 is 0 Å². The molecule has 0 atom stereocenters. The first-order valence-electron chi connectivity index (χ1n) is 3.20. The van der Waals surface area contributed by atoms with Crippen LogP contribution in [0.4, 0.5) is 0 Å². The summed E-state index contributed by atoms with van der Waals surface area (Å²) in [5, 5.41) is 0. The van der Waals surface area contributed by atoms with E-state index in [4.69, 9.17) is 0 Å². The third-order valence-electron chi connectivity index (χ3n) is 1.04. The average Bonchev–Trinajstić information content (AvgIpc) is 1.85. The molecule has 50 valence electrons. The van der Waals surface area contributed by atoms with E-state index in [-0.39, 0.29) is 0 Å². The molecule has 0 aliphatic rings. The van der Waals surface area contributed by atoms with Crippen molar-refractivity contribution in [2.45, 2.75) is 20.3 Å². The Morgan fingerprint density at radius 1 is 1.56 bits per heavy atom. The Bertz CT molecular complexity index is 127. The normalized spacial score (nSPS) is 12.4. The van der Waals surface area contributed by atoms with Gasteiger partial charge >= 0.3 is 0 Å². The molecule has 0 nitrogen and oxygen atoms in total. The summed E-state index contributed by atoms with van der Waals surface area (Å²) in [7, 11) is 0. The smallest absolute Gasteiger partial charge is 0.0141 e. The van der Waals surface area contributed by atoms with Crippen molar-refractivity contribution >= 4 is 0 Å². The monoisotopic (exact) mass is 122 g/mol. The van der Waals surface area contributed by atoms with Crippen molar-refractivity contribution < 1.29 is 0 Å². The summed E-state index contributed by atoms with van der Waals surface area (Å²) in [5.41, 5.74) is 1.35. The zero-order valence-corrected chi connectivity index (χ0v) is 6.22. The summed E-state index contributed by atoms with van der Waals surface area (Å²) < 4.78 is 0. The Hall–Kier alpha value is -0.780. The highest BCUT2D eigenvalue weighted by molar-refractivity contribution is 5.11. The molecule has 0 fully saturated rings. The molecular weight excluding hydrogens is 108 g/mol. The van der Waals surface area contributed by atoms with E-state index in [1.807, 2.05) is 25.2 Å². The molecule has 0 amide bonds. The molecule has 0 aromatic rings. The van der Waals surface area contributed by atoms with Gasteiger partial charge in [-0.05, 0) is 20.3 Å². The van der Waals surface area contributed by atoms with E-state index in [0.29, 0.717) is 0 Å². The van der Waals surface area contributed by atoms with E-state index in [9.17, 15) is 0 Å². The molecule has 0 aromatic carbocycles. The summed E-state index contributed by atoms with van der Waals surface area (Å²) >= 11 is 0. The lowest BCUT2D eigenvalue weighted by Gasteiger charge is -1.88. The molecule has 0 aromatic heterocycles. The average molecular weight is 122 g/mol. The van der Waals surface area contributed by atoms with Gasteiger partial charge in [0.05, 0.1) is 0 Å². The Balaban J connectivity index is 3.68. The number of rotatable bonds is 3. The topological polar surface area (TPSA) is 0 Å². The van der Waals surface area contributed by atoms with E-state index in [1.165, 1.54) is 5.57 Å². The number of hydrogen-bond acceptors (Lipinski definition) is 0. The molecule has 0 heteroatoms. The summed E-state index contributed by atoms with van der Waals surface area (Å²) in [4.78, 5) is 0. The lowest BCUT2D eigenvalue weighted by atomic mass is 10.2. The van der Waals surface area contributed by atoms with Crippen LogP contribution in [0.25, 0.3) is 0 Å². The van der Waals surface area contributed by atoms with Crippen LogP contribution in [0.2, 0.25) is 0 Å². The summed E-state index contributed by atoms with van der Waals surface area (Å²) in [6, 6.07) is 0. The highest BCUT2D eigenvalue weighted by atomic mass is 13.8. The fourth-order valence-electron chi connectivity index (χ4n) is 0.556. The summed E-state index contributed by atoms with van der Waals surface area (Å²) in [6.45, 7) is 7.75. The molecule has 0 radical (unpaired) electrons. The van der Waals surface area contributed by atoms with Gasteiger partial charge in [-0.3, -0.25) is 0 Å². The molecule has 9 heavy (non-hydrogen) atoms. The molecule has 0 bridgehead atoms. The maximum absolute atomic E-state index is 3.64. The first-order chi connectivity index (χ1) is 4.31. The van der Waals surface area contributed by atoms with Gasteiger partial charge in [0.15, 0.2) is 0 Å². The van der Waals surface area contributed by atoms with Crippen molar-refractivity contribution in [1.82, 2.24) is 0 Å². The molecule has 0 saturated heterocycles. The second-order valence-electron chi connectivity index (χ2n) is 2.03. The predicted octanol–water partition coefficient (Wildman–Crippen LogP) is 3.08. The van der Waals surface area contributed by atoms with Crippen LogP contribution >= 0.6 is 0 Å². The molecule has 0 rings (SSSR count). The quantitative estimate of drug-likeness (QED) is 0.398. The van der Waals surface area contributed by atoms with Crippen LogP contribution in [0.1, 0.15) is 20.3 Å². The van der Waals surface area contributed by atoms with Crippen molar-refractivity contribution in [2.24, 2.45) is 0 Å². The van der Waals surface area contributed by atoms with Crippen molar-refractivity contribution in [3.8, 4) is 0 Å². The predicted molar refractivity (Wildman–Crippen MR) is 43.4 cm³/mol. The second-order valence-corrected chi connectivity index (χ2v) is 2.03. The number of hydrogen-bond donors (Lipinski definition) is 0. The van der Waals surface area contributed by atoms with Crippen LogP contribution < -0.4 is 0 Å². The maximum Gasteiger partial charge on any atom is -0.0141 e. The number of allylic oxidation sites excluding steroid dienone is 5. The van der Waals surface area contributed by atoms with Crippen LogP contribution in [0.5, 0.6) is 0 Å². The molecule has 0 N–H and O–H groups in total. The van der Waals surface area contributed by atoms with Crippen LogP contribution in [0, 0.1) is 0 Å². The van der Waals surface area contributed by atoms with Crippen LogP contribution in [-0.2, 0) is 0 Å². The van der Waals surface area contributed by atoms with Crippen molar-refractivity contribution in [2.75, 3.05) is 0 Å². The minimum absolute atomic E-state index is 0.990. The maximum atomic E-state index is 3.64. The molecule has 0 aliphatic carbocycles. The Labute approximate surface area is 57.6 Å². The molecule has 0 saturated carbocycles. The van der Waals surface area contributed by atoms with Gasteiger partial charge in [0, 0.05) is 0 Å². The SMILES string of the molecule is C=CC/C(C)=C/C=CC. The lowest BCUT2D eigenvalue weighted by molar-refractivity contribution is 1.22. The van der Waals surface area contributed by atoms with Gasteiger partial charge < -0.3 is 0 Å². The fraction of sp³-hybridized carbons (Fsp3) is 0.333. The molecule has 0 heterocycles. The van der Waals surface area contributed by atoms with E-state index in [1.54, 1.807) is 0 Å². The van der Waals surface area contributed by atoms with E-state index < -0.39 is 0 Å². The Morgan fingerprint density at radius 2 is 2.22 bits per heavy atom. The minimum Gasteiger partial charge on any atom is -0.103 e. The third kappa shape index (κ3) is 5.09. The van der Waals surface area contributed by atoms with E-state index in [0.717, 1.165) is 6.42 Å². The van der Waals surface area contributed by atoms with Gasteiger partial charge in [-0.25, -0.2) is 0 Å².